The Hall–Kier alpha value is -2.37. The Bertz CT molecular complexity index is 1170. The van der Waals surface area contributed by atoms with E-state index in [9.17, 15) is 5.21 Å². The predicted molar refractivity (Wildman–Crippen MR) is 116 cm³/mol. The monoisotopic (exact) mass is 429 g/mol. The van der Waals surface area contributed by atoms with Crippen LogP contribution in [0.15, 0.2) is 60.8 Å². The second-order valence-corrected chi connectivity index (χ2v) is 7.41. The lowest BCUT2D eigenvalue weighted by Gasteiger charge is -2.17. The van der Waals surface area contributed by atoms with Crippen LogP contribution in [-0.4, -0.2) is 22.2 Å². The molecule has 0 spiro atoms. The van der Waals surface area contributed by atoms with Crippen LogP contribution in [0.4, 0.5) is 5.82 Å². The number of anilines is 1. The van der Waals surface area contributed by atoms with E-state index >= 15 is 0 Å². The van der Waals surface area contributed by atoms with Crippen molar-refractivity contribution in [3.63, 3.8) is 0 Å². The number of aromatic nitrogens is 2. The summed E-state index contributed by atoms with van der Waals surface area (Å²) in [6.45, 7) is 0. The van der Waals surface area contributed by atoms with Crippen LogP contribution >= 0.6 is 34.8 Å². The highest BCUT2D eigenvalue weighted by Gasteiger charge is 2.19. The average molecular weight is 431 g/mol. The van der Waals surface area contributed by atoms with Crippen LogP contribution in [0.1, 0.15) is 0 Å². The summed E-state index contributed by atoms with van der Waals surface area (Å²) in [5.41, 5.74) is 3.32. The standard InChI is InChI=1S/C21H14Cl3N3O/c1-27(28)18-11-14(12-5-2-3-6-15(12)22)13-9-10-25-21(20(13)26-18)19-16(23)7-4-8-17(19)24/h2-11,28H,1H3. The van der Waals surface area contributed by atoms with Gasteiger partial charge in [-0.3, -0.25) is 10.2 Å². The molecule has 2 heterocycles. The van der Waals surface area contributed by atoms with Gasteiger partial charge in [0.25, 0.3) is 0 Å². The fourth-order valence-corrected chi connectivity index (χ4v) is 3.93. The van der Waals surface area contributed by atoms with Crippen molar-refractivity contribution in [1.82, 2.24) is 9.97 Å². The normalized spacial score (nSPS) is 11.0. The van der Waals surface area contributed by atoms with Gasteiger partial charge in [-0.2, -0.15) is 0 Å². The molecule has 0 atom stereocenters. The summed E-state index contributed by atoms with van der Waals surface area (Å²) in [4.78, 5) is 9.09. The zero-order valence-corrected chi connectivity index (χ0v) is 17.0. The number of hydrogen-bond donors (Lipinski definition) is 1. The molecule has 0 saturated heterocycles. The molecule has 0 unspecified atom stereocenters. The van der Waals surface area contributed by atoms with Crippen LogP contribution in [0.3, 0.4) is 0 Å². The third-order valence-corrected chi connectivity index (χ3v) is 5.37. The summed E-state index contributed by atoms with van der Waals surface area (Å²) in [6, 6.07) is 16.4. The number of halogens is 3. The van der Waals surface area contributed by atoms with Gasteiger partial charge in [-0.25, -0.2) is 10.0 Å². The minimum absolute atomic E-state index is 0.347. The highest BCUT2D eigenvalue weighted by atomic mass is 35.5. The molecular formula is C21H14Cl3N3O. The van der Waals surface area contributed by atoms with Crippen molar-refractivity contribution in [3.8, 4) is 22.4 Å². The molecule has 0 bridgehead atoms. The Kier molecular flexibility index (Phi) is 5.13. The zero-order chi connectivity index (χ0) is 19.8. The third-order valence-electron chi connectivity index (χ3n) is 4.41. The number of hydroxylamine groups is 1. The summed E-state index contributed by atoms with van der Waals surface area (Å²) < 4.78 is 0. The summed E-state index contributed by atoms with van der Waals surface area (Å²) in [7, 11) is 1.50. The maximum Gasteiger partial charge on any atom is 0.153 e. The summed E-state index contributed by atoms with van der Waals surface area (Å²) >= 11 is 19.3. The van der Waals surface area contributed by atoms with Gasteiger partial charge in [0.1, 0.15) is 0 Å². The molecule has 0 aliphatic carbocycles. The molecule has 4 aromatic rings. The molecule has 1 N–H and O–H groups in total. The number of rotatable bonds is 3. The first-order valence-electron chi connectivity index (χ1n) is 8.39. The largest absolute Gasteiger partial charge is 0.287 e. The second kappa shape index (κ2) is 7.57. The molecule has 0 radical (unpaired) electrons. The second-order valence-electron chi connectivity index (χ2n) is 6.18. The number of hydrogen-bond acceptors (Lipinski definition) is 4. The Balaban J connectivity index is 2.12. The van der Waals surface area contributed by atoms with Gasteiger partial charge >= 0.3 is 0 Å². The van der Waals surface area contributed by atoms with Crippen LogP contribution in [0.5, 0.6) is 0 Å². The van der Waals surface area contributed by atoms with Gasteiger partial charge < -0.3 is 0 Å². The van der Waals surface area contributed by atoms with Crippen LogP contribution in [0, 0.1) is 0 Å². The van der Waals surface area contributed by atoms with Crippen LogP contribution in [0.2, 0.25) is 15.1 Å². The van der Waals surface area contributed by atoms with Gasteiger partial charge in [0.15, 0.2) is 5.82 Å². The van der Waals surface area contributed by atoms with Gasteiger partial charge in [0.2, 0.25) is 0 Å². The van der Waals surface area contributed by atoms with E-state index in [0.29, 0.717) is 37.7 Å². The molecule has 2 aromatic heterocycles. The molecule has 7 heteroatoms. The van der Waals surface area contributed by atoms with Crippen molar-refractivity contribution in [2.24, 2.45) is 0 Å². The van der Waals surface area contributed by atoms with Gasteiger partial charge in [-0.1, -0.05) is 59.1 Å². The SMILES string of the molecule is CN(O)c1cc(-c2ccccc2Cl)c2ccnc(-c3c(Cl)cccc3Cl)c2n1. The zero-order valence-electron chi connectivity index (χ0n) is 14.7. The fourth-order valence-electron chi connectivity index (χ4n) is 3.11. The molecule has 0 saturated carbocycles. The van der Waals surface area contributed by atoms with E-state index in [1.165, 1.54) is 7.05 Å². The first-order chi connectivity index (χ1) is 13.5. The minimum atomic E-state index is 0.347. The highest BCUT2D eigenvalue weighted by molar-refractivity contribution is 6.39. The molecule has 2 aromatic carbocycles. The lowest BCUT2D eigenvalue weighted by molar-refractivity contribution is 0.276. The van der Waals surface area contributed by atoms with E-state index in [1.54, 1.807) is 30.5 Å². The minimum Gasteiger partial charge on any atom is -0.287 e. The van der Waals surface area contributed by atoms with Gasteiger partial charge in [0, 0.05) is 34.8 Å². The Morgan fingerprint density at radius 1 is 0.857 bits per heavy atom. The van der Waals surface area contributed by atoms with E-state index in [1.807, 2.05) is 30.3 Å². The molecular weight excluding hydrogens is 417 g/mol. The Labute approximate surface area is 176 Å². The van der Waals surface area contributed by atoms with Gasteiger partial charge in [0.05, 0.1) is 21.3 Å². The summed E-state index contributed by atoms with van der Waals surface area (Å²) in [6.07, 6.45) is 1.68. The molecule has 4 rings (SSSR count). The smallest absolute Gasteiger partial charge is 0.153 e. The highest BCUT2D eigenvalue weighted by Crippen LogP contribution is 2.41. The quantitative estimate of drug-likeness (QED) is 0.365. The van der Waals surface area contributed by atoms with Crippen LogP contribution < -0.4 is 5.06 Å². The van der Waals surface area contributed by atoms with E-state index in [0.717, 1.165) is 21.6 Å². The predicted octanol–water partition coefficient (Wildman–Crippen LogP) is 6.75. The van der Waals surface area contributed by atoms with Crippen molar-refractivity contribution in [2.45, 2.75) is 0 Å². The summed E-state index contributed by atoms with van der Waals surface area (Å²) in [5, 5.41) is 13.4. The number of benzene rings is 2. The van der Waals surface area contributed by atoms with E-state index < -0.39 is 0 Å². The molecule has 0 aliphatic heterocycles. The summed E-state index contributed by atoms with van der Waals surface area (Å²) in [5.74, 6) is 0.347. The van der Waals surface area contributed by atoms with Crippen molar-refractivity contribution in [1.29, 1.82) is 0 Å². The Morgan fingerprint density at radius 2 is 1.54 bits per heavy atom. The molecule has 28 heavy (non-hydrogen) atoms. The molecule has 140 valence electrons. The number of fused-ring (bicyclic) bond motifs is 1. The average Bonchev–Trinajstić information content (AvgIpc) is 2.67. The Morgan fingerprint density at radius 3 is 2.21 bits per heavy atom. The molecule has 0 aliphatic rings. The molecule has 0 amide bonds. The van der Waals surface area contributed by atoms with Crippen molar-refractivity contribution < 1.29 is 5.21 Å². The van der Waals surface area contributed by atoms with Gasteiger partial charge in [-0.05, 0) is 35.9 Å². The fraction of sp³-hybridized carbons (Fsp3) is 0.0476. The van der Waals surface area contributed by atoms with Gasteiger partial charge in [-0.15, -0.1) is 0 Å². The maximum atomic E-state index is 10.1. The van der Waals surface area contributed by atoms with Crippen molar-refractivity contribution in [3.05, 3.63) is 75.9 Å². The van der Waals surface area contributed by atoms with E-state index in [4.69, 9.17) is 34.8 Å². The number of pyridine rings is 2. The third kappa shape index (κ3) is 3.29. The lowest BCUT2D eigenvalue weighted by Crippen LogP contribution is -2.12. The lowest BCUT2D eigenvalue weighted by atomic mass is 9.99. The van der Waals surface area contributed by atoms with Crippen LogP contribution in [-0.2, 0) is 0 Å². The first-order valence-corrected chi connectivity index (χ1v) is 9.52. The maximum absolute atomic E-state index is 10.1. The van der Waals surface area contributed by atoms with Crippen molar-refractivity contribution in [2.75, 3.05) is 12.1 Å². The van der Waals surface area contributed by atoms with E-state index in [-0.39, 0.29) is 0 Å². The number of nitrogens with zero attached hydrogens (tertiary/aromatic N) is 3. The molecule has 0 fully saturated rings. The topological polar surface area (TPSA) is 49.2 Å². The molecule has 4 nitrogen and oxygen atoms in total. The van der Waals surface area contributed by atoms with Crippen LogP contribution in [0.25, 0.3) is 33.3 Å². The van der Waals surface area contributed by atoms with Crippen molar-refractivity contribution >= 4 is 51.5 Å². The first kappa shape index (κ1) is 19.0. The van der Waals surface area contributed by atoms with E-state index in [2.05, 4.69) is 9.97 Å².